The second kappa shape index (κ2) is 10.5. The van der Waals surface area contributed by atoms with E-state index in [9.17, 15) is 19.2 Å². The van der Waals surface area contributed by atoms with Crippen molar-refractivity contribution in [3.63, 3.8) is 0 Å². The Kier molecular flexibility index (Phi) is 6.57. The lowest BCUT2D eigenvalue weighted by Crippen LogP contribution is -2.41. The van der Waals surface area contributed by atoms with Crippen LogP contribution in [-0.2, 0) is 20.7 Å². The number of anilines is 3. The third-order valence-corrected chi connectivity index (χ3v) is 7.08. The van der Waals surface area contributed by atoms with E-state index in [1.165, 1.54) is 23.3 Å². The van der Waals surface area contributed by atoms with E-state index in [1.807, 2.05) is 42.5 Å². The predicted molar refractivity (Wildman–Crippen MR) is 151 cm³/mol. The Balaban J connectivity index is 1.01. The number of carbonyl (C=O) groups excluding carboxylic acids is 4. The van der Waals surface area contributed by atoms with Gasteiger partial charge in [0.2, 0.25) is 11.8 Å². The summed E-state index contributed by atoms with van der Waals surface area (Å²) < 4.78 is 5.26. The maximum atomic E-state index is 12.7. The number of benzene rings is 4. The Morgan fingerprint density at radius 2 is 1.50 bits per heavy atom. The largest absolute Gasteiger partial charge is 0.454 e. The molecule has 0 saturated carbocycles. The smallest absolute Gasteiger partial charge is 0.338 e. The fourth-order valence-corrected chi connectivity index (χ4v) is 5.04. The fraction of sp³-hybridized carbons (Fsp3) is 0.125. The summed E-state index contributed by atoms with van der Waals surface area (Å²) in [5.41, 5.74) is 7.27. The fourth-order valence-electron chi connectivity index (χ4n) is 5.04. The summed E-state index contributed by atoms with van der Waals surface area (Å²) in [5, 5.41) is 8.60. The average Bonchev–Trinajstić information content (AvgIpc) is 3.34. The maximum Gasteiger partial charge on any atom is 0.338 e. The first kappa shape index (κ1) is 25.1. The van der Waals surface area contributed by atoms with Crippen LogP contribution in [0.2, 0.25) is 0 Å². The predicted octanol–water partition coefficient (Wildman–Crippen LogP) is 5.06. The van der Waals surface area contributed by atoms with E-state index in [-0.39, 0.29) is 36.2 Å². The van der Waals surface area contributed by atoms with E-state index >= 15 is 0 Å². The molecule has 1 aliphatic heterocycles. The molecule has 0 spiro atoms. The van der Waals surface area contributed by atoms with Gasteiger partial charge in [-0.15, -0.1) is 0 Å². The summed E-state index contributed by atoms with van der Waals surface area (Å²) in [6, 6.07) is 26.5. The molecule has 198 valence electrons. The number of hydrogen-bond donors (Lipinski definition) is 3. The third kappa shape index (κ3) is 5.07. The quantitative estimate of drug-likeness (QED) is 0.200. The van der Waals surface area contributed by atoms with Crippen LogP contribution in [0.4, 0.5) is 17.1 Å². The van der Waals surface area contributed by atoms with Gasteiger partial charge in [0.1, 0.15) is 6.04 Å². The second-order valence-electron chi connectivity index (χ2n) is 9.77. The van der Waals surface area contributed by atoms with Crippen molar-refractivity contribution < 1.29 is 23.9 Å². The zero-order valence-electron chi connectivity index (χ0n) is 21.4. The van der Waals surface area contributed by atoms with E-state index in [1.54, 1.807) is 24.3 Å². The summed E-state index contributed by atoms with van der Waals surface area (Å²) in [7, 11) is 0. The lowest BCUT2D eigenvalue weighted by molar-refractivity contribution is -0.122. The molecule has 2 aliphatic rings. The Bertz CT molecular complexity index is 1660. The van der Waals surface area contributed by atoms with E-state index in [2.05, 4.69) is 28.1 Å². The molecule has 0 bridgehead atoms. The first-order valence-electron chi connectivity index (χ1n) is 12.9. The van der Waals surface area contributed by atoms with E-state index in [0.29, 0.717) is 16.9 Å². The van der Waals surface area contributed by atoms with Crippen LogP contribution in [0.25, 0.3) is 11.1 Å². The summed E-state index contributed by atoms with van der Waals surface area (Å²) >= 11 is 0. The molecule has 0 fully saturated rings. The molecule has 1 unspecified atom stereocenters. The van der Waals surface area contributed by atoms with Gasteiger partial charge in [0.15, 0.2) is 12.4 Å². The Labute approximate surface area is 230 Å². The Morgan fingerprint density at radius 1 is 0.800 bits per heavy atom. The zero-order chi connectivity index (χ0) is 27.6. The van der Waals surface area contributed by atoms with Crippen molar-refractivity contribution in [1.82, 2.24) is 0 Å². The molecule has 6 rings (SSSR count). The normalized spacial score (nSPS) is 14.6. The minimum absolute atomic E-state index is 0.0686. The molecule has 3 N–H and O–H groups in total. The van der Waals surface area contributed by atoms with Gasteiger partial charge in [-0.25, -0.2) is 4.79 Å². The number of para-hydroxylation sites is 2. The molecule has 4 aromatic rings. The monoisotopic (exact) mass is 531 g/mol. The van der Waals surface area contributed by atoms with Crippen LogP contribution < -0.4 is 16.0 Å². The molecular weight excluding hydrogens is 506 g/mol. The summed E-state index contributed by atoms with van der Waals surface area (Å²) in [4.78, 5) is 50.1. The minimum atomic E-state index is -0.706. The summed E-state index contributed by atoms with van der Waals surface area (Å²) in [6.07, 6.45) is 0.703. The first-order chi connectivity index (χ1) is 19.4. The average molecular weight is 532 g/mol. The highest BCUT2D eigenvalue weighted by atomic mass is 16.5. The van der Waals surface area contributed by atoms with Crippen LogP contribution in [-0.4, -0.2) is 36.2 Å². The van der Waals surface area contributed by atoms with Crippen LogP contribution in [0.15, 0.2) is 91.0 Å². The molecule has 4 aromatic carbocycles. The lowest BCUT2D eigenvalue weighted by atomic mass is 10.0. The van der Waals surface area contributed by atoms with Crippen molar-refractivity contribution in [1.29, 1.82) is 0 Å². The van der Waals surface area contributed by atoms with Gasteiger partial charge >= 0.3 is 5.97 Å². The number of ether oxygens (including phenoxy) is 1. The number of carbonyl (C=O) groups is 4. The number of Topliss-reactive ketones (excluding diaryl/α,β-unsaturated/α-hetero) is 1. The number of fused-ring (bicyclic) bond motifs is 4. The van der Waals surface area contributed by atoms with Crippen molar-refractivity contribution >= 4 is 40.6 Å². The van der Waals surface area contributed by atoms with E-state index in [4.69, 9.17) is 4.74 Å². The Hall–Kier alpha value is -5.24. The molecule has 8 heteroatoms. The zero-order valence-corrected chi connectivity index (χ0v) is 21.4. The van der Waals surface area contributed by atoms with Gasteiger partial charge in [0.25, 0.3) is 0 Å². The van der Waals surface area contributed by atoms with Crippen molar-refractivity contribution in [3.8, 4) is 11.1 Å². The van der Waals surface area contributed by atoms with Crippen LogP contribution >= 0.6 is 0 Å². The number of esters is 1. The minimum Gasteiger partial charge on any atom is -0.454 e. The van der Waals surface area contributed by atoms with Crippen molar-refractivity contribution in [2.75, 3.05) is 22.6 Å². The van der Waals surface area contributed by atoms with Gasteiger partial charge in [0.05, 0.1) is 23.4 Å². The SMILES string of the molecule is O=C(CC1Nc2ccccc2NC1=O)Nc1ccc(C(=O)OCC(=O)c2ccc3c(c2)Cc2ccccc2-3)cc1. The van der Waals surface area contributed by atoms with Crippen LogP contribution in [0.5, 0.6) is 0 Å². The maximum absolute atomic E-state index is 12.7. The van der Waals surface area contributed by atoms with Crippen LogP contribution in [0, 0.1) is 0 Å². The number of rotatable bonds is 7. The standard InChI is InChI=1S/C32H25N3O5/c36-29(21-11-14-25-22(16-21)15-20-5-1-2-6-24(20)25)18-40-32(39)19-9-12-23(13-10-19)33-30(37)17-28-31(38)35-27-8-4-3-7-26(27)34-28/h1-14,16,28,34H,15,17-18H2,(H,33,37)(H,35,38). The highest BCUT2D eigenvalue weighted by Crippen LogP contribution is 2.36. The molecule has 8 nitrogen and oxygen atoms in total. The lowest BCUT2D eigenvalue weighted by Gasteiger charge is -2.26. The first-order valence-corrected chi connectivity index (χ1v) is 12.9. The van der Waals surface area contributed by atoms with Crippen molar-refractivity contribution in [2.45, 2.75) is 18.9 Å². The van der Waals surface area contributed by atoms with Crippen molar-refractivity contribution in [3.05, 3.63) is 113 Å². The number of amides is 2. The van der Waals surface area contributed by atoms with E-state index in [0.717, 1.165) is 23.2 Å². The summed E-state index contributed by atoms with van der Waals surface area (Å²) in [5.74, 6) is -1.56. The summed E-state index contributed by atoms with van der Waals surface area (Å²) in [6.45, 7) is -0.372. The third-order valence-electron chi connectivity index (χ3n) is 7.08. The molecule has 1 heterocycles. The molecule has 1 atom stereocenters. The van der Waals surface area contributed by atoms with Gasteiger partial charge in [-0.1, -0.05) is 48.5 Å². The highest BCUT2D eigenvalue weighted by Gasteiger charge is 2.27. The van der Waals surface area contributed by atoms with Crippen molar-refractivity contribution in [2.24, 2.45) is 0 Å². The molecule has 1 aliphatic carbocycles. The molecule has 40 heavy (non-hydrogen) atoms. The molecule has 0 saturated heterocycles. The highest BCUT2D eigenvalue weighted by molar-refractivity contribution is 6.06. The van der Waals surface area contributed by atoms with Gasteiger partial charge in [-0.3, -0.25) is 14.4 Å². The molecule has 0 aromatic heterocycles. The molecule has 2 amide bonds. The topological polar surface area (TPSA) is 114 Å². The van der Waals surface area contributed by atoms with Gasteiger partial charge in [-0.2, -0.15) is 0 Å². The molecule has 0 radical (unpaired) electrons. The number of hydrogen-bond acceptors (Lipinski definition) is 6. The number of ketones is 1. The van der Waals surface area contributed by atoms with Gasteiger partial charge in [0, 0.05) is 11.3 Å². The second-order valence-corrected chi connectivity index (χ2v) is 9.77. The van der Waals surface area contributed by atoms with Crippen LogP contribution in [0.1, 0.15) is 38.3 Å². The van der Waals surface area contributed by atoms with Crippen LogP contribution in [0.3, 0.4) is 0 Å². The number of nitrogens with one attached hydrogen (secondary N) is 3. The van der Waals surface area contributed by atoms with Gasteiger partial charge < -0.3 is 20.7 Å². The van der Waals surface area contributed by atoms with Gasteiger partial charge in [-0.05, 0) is 71.1 Å². The Morgan fingerprint density at radius 3 is 2.33 bits per heavy atom. The molecular formula is C32H25N3O5. The van der Waals surface area contributed by atoms with E-state index < -0.39 is 12.0 Å².